The highest BCUT2D eigenvalue weighted by Crippen LogP contribution is 2.53. The number of benzene rings is 2. The van der Waals surface area contributed by atoms with Gasteiger partial charge in [-0.05, 0) is 37.1 Å². The van der Waals surface area contributed by atoms with E-state index in [-0.39, 0.29) is 36.8 Å². The average molecular weight is 533 g/mol. The zero-order chi connectivity index (χ0) is 27.7. The number of carbonyl (C=O) groups is 3. The summed E-state index contributed by atoms with van der Waals surface area (Å²) in [6.07, 6.45) is 1.57. The third kappa shape index (κ3) is 4.63. The van der Waals surface area contributed by atoms with Gasteiger partial charge < -0.3 is 19.3 Å². The van der Waals surface area contributed by atoms with E-state index in [0.717, 1.165) is 16.7 Å². The van der Waals surface area contributed by atoms with Crippen molar-refractivity contribution in [2.45, 2.75) is 33.0 Å². The highest BCUT2D eigenvalue weighted by atomic mass is 19.1. The molecule has 2 aromatic carbocycles. The molecule has 200 valence electrons. The van der Waals surface area contributed by atoms with Crippen LogP contribution in [0, 0.1) is 11.2 Å². The van der Waals surface area contributed by atoms with E-state index < -0.39 is 40.9 Å². The fraction of sp³-hybridized carbons (Fsp3) is 0.241. The van der Waals surface area contributed by atoms with Crippen molar-refractivity contribution in [1.29, 1.82) is 0 Å². The quantitative estimate of drug-likeness (QED) is 0.337. The second-order valence-corrected chi connectivity index (χ2v) is 9.32. The van der Waals surface area contributed by atoms with Gasteiger partial charge in [-0.25, -0.2) is 9.18 Å². The number of rotatable bonds is 8. The lowest BCUT2D eigenvalue weighted by atomic mass is 9.76. The summed E-state index contributed by atoms with van der Waals surface area (Å²) in [6.45, 7) is 3.12. The van der Waals surface area contributed by atoms with Gasteiger partial charge in [0.25, 0.3) is 5.91 Å². The van der Waals surface area contributed by atoms with Gasteiger partial charge in [0.15, 0.2) is 11.2 Å². The van der Waals surface area contributed by atoms with E-state index in [1.807, 2.05) is 30.3 Å². The van der Waals surface area contributed by atoms with Crippen LogP contribution >= 0.6 is 0 Å². The minimum Gasteiger partial charge on any atom is -0.475 e. The van der Waals surface area contributed by atoms with Gasteiger partial charge in [0.2, 0.25) is 5.76 Å². The summed E-state index contributed by atoms with van der Waals surface area (Å²) in [5, 5.41) is 9.74. The van der Waals surface area contributed by atoms with Gasteiger partial charge in [0.05, 0.1) is 25.1 Å². The highest BCUT2D eigenvalue weighted by molar-refractivity contribution is 6.15. The molecule has 1 amide bonds. The van der Waals surface area contributed by atoms with Crippen molar-refractivity contribution in [1.82, 2.24) is 4.98 Å². The Bertz CT molecular complexity index is 1470. The van der Waals surface area contributed by atoms with Crippen molar-refractivity contribution >= 4 is 23.5 Å². The summed E-state index contributed by atoms with van der Waals surface area (Å²) in [7, 11) is 0. The second-order valence-electron chi connectivity index (χ2n) is 9.32. The fourth-order valence-corrected chi connectivity index (χ4v) is 4.71. The van der Waals surface area contributed by atoms with Gasteiger partial charge in [-0.1, -0.05) is 42.5 Å². The van der Waals surface area contributed by atoms with Gasteiger partial charge in [-0.2, -0.15) is 0 Å². The Kier molecular flexibility index (Phi) is 6.88. The smallest absolute Gasteiger partial charge is 0.373 e. The van der Waals surface area contributed by atoms with E-state index in [0.29, 0.717) is 11.1 Å². The molecule has 3 heterocycles. The van der Waals surface area contributed by atoms with Crippen LogP contribution in [0.3, 0.4) is 0 Å². The van der Waals surface area contributed by atoms with Crippen molar-refractivity contribution in [2.75, 3.05) is 11.5 Å². The molecule has 5 rings (SSSR count). The van der Waals surface area contributed by atoms with Gasteiger partial charge in [-0.15, -0.1) is 0 Å². The third-order valence-corrected chi connectivity index (χ3v) is 6.72. The molecular weight excluding hydrogens is 507 g/mol. The van der Waals surface area contributed by atoms with Crippen molar-refractivity contribution < 1.29 is 38.1 Å². The van der Waals surface area contributed by atoms with Gasteiger partial charge in [0.1, 0.15) is 17.6 Å². The van der Waals surface area contributed by atoms with E-state index in [9.17, 15) is 23.9 Å². The normalized spacial score (nSPS) is 19.6. The number of nitrogens with zero attached hydrogens (tertiary/aromatic N) is 2. The van der Waals surface area contributed by atoms with Crippen LogP contribution in [0.2, 0.25) is 0 Å². The SMILES string of the molecule is CCOC(=O)C1(C)C(=O)N2C=C(C(=O)O)Oc3c(Cc4ccc(F)cc4)cnc(c32)C1OCc1ccccc1. The Morgan fingerprint density at radius 1 is 1.13 bits per heavy atom. The third-order valence-electron chi connectivity index (χ3n) is 6.72. The molecule has 1 aromatic heterocycles. The molecule has 0 radical (unpaired) electrons. The van der Waals surface area contributed by atoms with Crippen molar-refractivity contribution in [3.63, 3.8) is 0 Å². The van der Waals surface area contributed by atoms with Crippen LogP contribution in [0.5, 0.6) is 5.75 Å². The summed E-state index contributed by atoms with van der Waals surface area (Å²) in [5.41, 5.74) is 0.518. The van der Waals surface area contributed by atoms with Gasteiger partial charge in [-0.3, -0.25) is 19.5 Å². The summed E-state index contributed by atoms with van der Waals surface area (Å²) in [5.74, 6) is -3.78. The number of aliphatic carboxylic acids is 1. The first-order valence-electron chi connectivity index (χ1n) is 12.3. The summed E-state index contributed by atoms with van der Waals surface area (Å²) < 4.78 is 30.8. The van der Waals surface area contributed by atoms with E-state index >= 15 is 0 Å². The first kappa shape index (κ1) is 26.1. The Morgan fingerprint density at radius 3 is 2.51 bits per heavy atom. The molecule has 9 nitrogen and oxygen atoms in total. The fourth-order valence-electron chi connectivity index (χ4n) is 4.71. The molecule has 0 spiro atoms. The largest absolute Gasteiger partial charge is 0.475 e. The van der Waals surface area contributed by atoms with Crippen LogP contribution in [0.1, 0.15) is 42.3 Å². The molecule has 3 aromatic rings. The number of anilines is 1. The number of aromatic nitrogens is 1. The van der Waals surface area contributed by atoms with Gasteiger partial charge in [0, 0.05) is 18.2 Å². The monoisotopic (exact) mass is 532 g/mol. The number of ether oxygens (including phenoxy) is 3. The summed E-state index contributed by atoms with van der Waals surface area (Å²) in [4.78, 5) is 45.0. The first-order chi connectivity index (χ1) is 18.7. The first-order valence-corrected chi connectivity index (χ1v) is 12.3. The lowest BCUT2D eigenvalue weighted by molar-refractivity contribution is -0.172. The molecule has 0 aliphatic carbocycles. The molecule has 0 bridgehead atoms. The topological polar surface area (TPSA) is 115 Å². The highest BCUT2D eigenvalue weighted by Gasteiger charge is 2.59. The molecule has 39 heavy (non-hydrogen) atoms. The Morgan fingerprint density at radius 2 is 1.85 bits per heavy atom. The molecule has 2 atom stereocenters. The summed E-state index contributed by atoms with van der Waals surface area (Å²) >= 11 is 0. The number of carboxylic acids is 1. The maximum atomic E-state index is 14.0. The number of hydrogen-bond acceptors (Lipinski definition) is 7. The Labute approximate surface area is 223 Å². The van der Waals surface area contributed by atoms with Crippen LogP contribution in [0.4, 0.5) is 10.1 Å². The van der Waals surface area contributed by atoms with Gasteiger partial charge >= 0.3 is 11.9 Å². The number of amides is 1. The number of carboxylic acid groups (broad SMARTS) is 1. The number of halogens is 1. The minimum atomic E-state index is -1.88. The molecule has 2 aliphatic rings. The lowest BCUT2D eigenvalue weighted by Gasteiger charge is -2.44. The van der Waals surface area contributed by atoms with E-state index in [4.69, 9.17) is 14.2 Å². The van der Waals surface area contributed by atoms with Crippen molar-refractivity contribution in [3.05, 3.63) is 101 Å². The van der Waals surface area contributed by atoms with Crippen LogP contribution in [-0.4, -0.2) is 34.5 Å². The van der Waals surface area contributed by atoms with E-state index in [2.05, 4.69) is 4.98 Å². The zero-order valence-electron chi connectivity index (χ0n) is 21.2. The second kappa shape index (κ2) is 10.3. The van der Waals surface area contributed by atoms with Crippen LogP contribution in [-0.2, 0) is 36.9 Å². The number of carbonyl (C=O) groups excluding carboxylic acids is 2. The predicted molar refractivity (Wildman–Crippen MR) is 136 cm³/mol. The zero-order valence-corrected chi connectivity index (χ0v) is 21.2. The molecule has 0 fully saturated rings. The lowest BCUT2D eigenvalue weighted by Crippen LogP contribution is -2.55. The molecule has 0 saturated heterocycles. The molecule has 1 N–H and O–H groups in total. The molecule has 0 saturated carbocycles. The number of hydrogen-bond donors (Lipinski definition) is 1. The molecule has 2 unspecified atom stereocenters. The maximum Gasteiger partial charge on any atom is 0.373 e. The van der Waals surface area contributed by atoms with Crippen LogP contribution < -0.4 is 9.64 Å². The number of pyridine rings is 1. The summed E-state index contributed by atoms with van der Waals surface area (Å²) in [6, 6.07) is 15.0. The average Bonchev–Trinajstić information content (AvgIpc) is 2.94. The van der Waals surface area contributed by atoms with Crippen LogP contribution in [0.15, 0.2) is 72.8 Å². The Hall–Kier alpha value is -4.57. The minimum absolute atomic E-state index is 0.0224. The maximum absolute atomic E-state index is 14.0. The van der Waals surface area contributed by atoms with E-state index in [1.54, 1.807) is 19.1 Å². The molecule has 10 heteroatoms. The van der Waals surface area contributed by atoms with Crippen molar-refractivity contribution in [3.8, 4) is 5.75 Å². The Balaban J connectivity index is 1.66. The molecule has 2 aliphatic heterocycles. The predicted octanol–water partition coefficient (Wildman–Crippen LogP) is 4.30. The van der Waals surface area contributed by atoms with Crippen LogP contribution in [0.25, 0.3) is 0 Å². The van der Waals surface area contributed by atoms with E-state index in [1.165, 1.54) is 25.3 Å². The number of esters is 1. The standard InChI is InChI=1S/C29H25FN2O7/c1-3-37-28(36)29(2)25(38-16-18-7-5-4-6-8-18)22-23-24(39-21(26(33)34)15-32(23)27(29)35)19(14-31-22)13-17-9-11-20(30)12-10-17/h4-12,14-15,25H,3,13,16H2,1-2H3,(H,33,34). The molecular formula is C29H25FN2O7. The van der Waals surface area contributed by atoms with Crippen molar-refractivity contribution in [2.24, 2.45) is 5.41 Å².